The van der Waals surface area contributed by atoms with E-state index in [4.69, 9.17) is 0 Å². The number of hydrogen-bond donors (Lipinski definition) is 2. The van der Waals surface area contributed by atoms with Crippen LogP contribution < -0.4 is 5.32 Å². The number of nitrogens with zero attached hydrogens (tertiary/aromatic N) is 2. The van der Waals surface area contributed by atoms with Gasteiger partial charge in [0.15, 0.2) is 0 Å². The van der Waals surface area contributed by atoms with Crippen LogP contribution in [0.25, 0.3) is 0 Å². The molecule has 0 radical (unpaired) electrons. The van der Waals surface area contributed by atoms with Crippen LogP contribution in [0.3, 0.4) is 0 Å². The van der Waals surface area contributed by atoms with Gasteiger partial charge >= 0.3 is 0 Å². The molecular weight excluding hydrogens is 261 g/mol. The fourth-order valence-corrected chi connectivity index (χ4v) is 1.52. The van der Waals surface area contributed by atoms with E-state index in [9.17, 15) is 18.0 Å². The van der Waals surface area contributed by atoms with Gasteiger partial charge in [0, 0.05) is 12.1 Å². The summed E-state index contributed by atoms with van der Waals surface area (Å²) in [6, 6.07) is 0.257. The van der Waals surface area contributed by atoms with Crippen LogP contribution >= 0.6 is 0 Å². The Morgan fingerprint density at radius 3 is 2.47 bits per heavy atom. The van der Waals surface area contributed by atoms with Crippen LogP contribution in [0, 0.1) is 17.5 Å². The molecule has 1 heterocycles. The van der Waals surface area contributed by atoms with Crippen LogP contribution in [0.15, 0.2) is 18.5 Å². The van der Waals surface area contributed by atoms with E-state index in [1.165, 1.54) is 6.33 Å². The first-order valence-electron chi connectivity index (χ1n) is 5.29. The number of benzene rings is 1. The van der Waals surface area contributed by atoms with Crippen molar-refractivity contribution in [3.8, 4) is 0 Å². The molecule has 1 unspecified atom stereocenters. The van der Waals surface area contributed by atoms with Crippen LogP contribution in [0.5, 0.6) is 0 Å². The Morgan fingerprint density at radius 1 is 1.32 bits per heavy atom. The normalized spacial score (nSPS) is 12.2. The predicted octanol–water partition coefficient (Wildman–Crippen LogP) is 1.71. The number of carbonyl (C=O) groups excluding carboxylic acids is 1. The second kappa shape index (κ2) is 5.09. The lowest BCUT2D eigenvalue weighted by atomic mass is 10.1. The number of halogens is 3. The molecule has 0 fully saturated rings. The van der Waals surface area contributed by atoms with E-state index in [2.05, 4.69) is 20.5 Å². The molecule has 0 bridgehead atoms. The molecule has 0 aliphatic rings. The van der Waals surface area contributed by atoms with Gasteiger partial charge in [-0.05, 0) is 6.92 Å². The van der Waals surface area contributed by atoms with Gasteiger partial charge in [-0.3, -0.25) is 9.89 Å². The first-order valence-corrected chi connectivity index (χ1v) is 5.29. The van der Waals surface area contributed by atoms with Crippen molar-refractivity contribution in [3.05, 3.63) is 47.3 Å². The maximum Gasteiger partial charge on any atom is 0.257 e. The molecule has 1 aromatic carbocycles. The minimum atomic E-state index is -1.26. The maximum atomic E-state index is 13.4. The van der Waals surface area contributed by atoms with E-state index in [1.54, 1.807) is 6.92 Å². The maximum absolute atomic E-state index is 13.4. The smallest absolute Gasteiger partial charge is 0.257 e. The van der Waals surface area contributed by atoms with Gasteiger partial charge in [-0.25, -0.2) is 18.2 Å². The number of carbonyl (C=O) groups is 1. The topological polar surface area (TPSA) is 70.7 Å². The summed E-state index contributed by atoms with van der Waals surface area (Å²) in [4.78, 5) is 15.5. The third-order valence-corrected chi connectivity index (χ3v) is 2.43. The number of H-pyrrole nitrogens is 1. The molecule has 0 aliphatic heterocycles. The number of nitrogens with one attached hydrogen (secondary N) is 2. The zero-order chi connectivity index (χ0) is 14.0. The monoisotopic (exact) mass is 270 g/mol. The lowest BCUT2D eigenvalue weighted by molar-refractivity contribution is 0.0929. The molecule has 0 spiro atoms. The number of rotatable bonds is 3. The van der Waals surface area contributed by atoms with Gasteiger partial charge < -0.3 is 5.32 Å². The van der Waals surface area contributed by atoms with Gasteiger partial charge in [0.1, 0.15) is 35.2 Å². The summed E-state index contributed by atoms with van der Waals surface area (Å²) in [7, 11) is 0. The van der Waals surface area contributed by atoms with Crippen LogP contribution in [0.1, 0.15) is 29.1 Å². The molecule has 0 aliphatic carbocycles. The molecule has 19 heavy (non-hydrogen) atoms. The third-order valence-electron chi connectivity index (χ3n) is 2.43. The average molecular weight is 270 g/mol. The van der Waals surface area contributed by atoms with E-state index in [1.807, 2.05) is 0 Å². The quantitative estimate of drug-likeness (QED) is 0.892. The van der Waals surface area contributed by atoms with Crippen molar-refractivity contribution in [1.29, 1.82) is 0 Å². The molecular formula is C11H9F3N4O. The highest BCUT2D eigenvalue weighted by molar-refractivity contribution is 5.94. The standard InChI is InChI=1S/C11H9F3N4O/c1-5(10-15-4-16-18-10)17-11(19)9-7(13)2-6(12)3-8(9)14/h2-5H,1H3,(H,17,19)(H,15,16,18). The Morgan fingerprint density at radius 2 is 1.95 bits per heavy atom. The van der Waals surface area contributed by atoms with Gasteiger partial charge in [-0.1, -0.05) is 0 Å². The summed E-state index contributed by atoms with van der Waals surface area (Å²) in [5.41, 5.74) is -0.840. The lowest BCUT2D eigenvalue weighted by Crippen LogP contribution is -2.29. The number of aromatic nitrogens is 3. The fourth-order valence-electron chi connectivity index (χ4n) is 1.52. The molecule has 2 N–H and O–H groups in total. The van der Waals surface area contributed by atoms with Crippen molar-refractivity contribution in [2.45, 2.75) is 13.0 Å². The summed E-state index contributed by atoms with van der Waals surface area (Å²) in [6.07, 6.45) is 1.23. The van der Waals surface area contributed by atoms with E-state index < -0.39 is 35.0 Å². The van der Waals surface area contributed by atoms with E-state index >= 15 is 0 Å². The predicted molar refractivity (Wildman–Crippen MR) is 58.6 cm³/mol. The molecule has 5 nitrogen and oxygen atoms in total. The summed E-state index contributed by atoms with van der Waals surface area (Å²) in [6.45, 7) is 1.55. The Hall–Kier alpha value is -2.38. The van der Waals surface area contributed by atoms with Crippen molar-refractivity contribution < 1.29 is 18.0 Å². The second-order valence-corrected chi connectivity index (χ2v) is 3.81. The molecule has 1 amide bonds. The van der Waals surface area contributed by atoms with Gasteiger partial charge in [-0.15, -0.1) is 0 Å². The van der Waals surface area contributed by atoms with Gasteiger partial charge in [0.2, 0.25) is 0 Å². The highest BCUT2D eigenvalue weighted by atomic mass is 19.1. The van der Waals surface area contributed by atoms with Crippen molar-refractivity contribution in [2.75, 3.05) is 0 Å². The zero-order valence-corrected chi connectivity index (χ0v) is 9.75. The molecule has 1 aromatic heterocycles. The highest BCUT2D eigenvalue weighted by Crippen LogP contribution is 2.16. The van der Waals surface area contributed by atoms with Gasteiger partial charge in [0.25, 0.3) is 5.91 Å². The van der Waals surface area contributed by atoms with Gasteiger partial charge in [-0.2, -0.15) is 5.10 Å². The molecule has 0 saturated heterocycles. The lowest BCUT2D eigenvalue weighted by Gasteiger charge is -2.12. The Balaban J connectivity index is 2.21. The molecule has 8 heteroatoms. The van der Waals surface area contributed by atoms with Crippen LogP contribution in [0.4, 0.5) is 13.2 Å². The fraction of sp³-hybridized carbons (Fsp3) is 0.182. The number of amides is 1. The average Bonchev–Trinajstić information content (AvgIpc) is 2.80. The number of aromatic amines is 1. The molecule has 2 aromatic rings. The Kier molecular flexibility index (Phi) is 3.50. The van der Waals surface area contributed by atoms with Crippen LogP contribution in [-0.2, 0) is 0 Å². The van der Waals surface area contributed by atoms with Crippen molar-refractivity contribution >= 4 is 5.91 Å². The van der Waals surface area contributed by atoms with Crippen molar-refractivity contribution in [3.63, 3.8) is 0 Å². The Labute approximate surface area is 105 Å². The first-order chi connectivity index (χ1) is 8.99. The molecule has 100 valence electrons. The third kappa shape index (κ3) is 2.72. The summed E-state index contributed by atoms with van der Waals surface area (Å²) >= 11 is 0. The molecule has 0 saturated carbocycles. The number of hydrogen-bond acceptors (Lipinski definition) is 3. The molecule has 2 rings (SSSR count). The summed E-state index contributed by atoms with van der Waals surface area (Å²) < 4.78 is 39.5. The Bertz CT molecular complexity index is 577. The van der Waals surface area contributed by atoms with Crippen molar-refractivity contribution in [1.82, 2.24) is 20.5 Å². The summed E-state index contributed by atoms with van der Waals surface area (Å²) in [5.74, 6) is -4.29. The van der Waals surface area contributed by atoms with Crippen LogP contribution in [-0.4, -0.2) is 21.1 Å². The van der Waals surface area contributed by atoms with E-state index in [0.29, 0.717) is 18.0 Å². The largest absolute Gasteiger partial charge is 0.342 e. The second-order valence-electron chi connectivity index (χ2n) is 3.81. The first kappa shape index (κ1) is 13.1. The summed E-state index contributed by atoms with van der Waals surface area (Å²) in [5, 5.41) is 8.42. The van der Waals surface area contributed by atoms with E-state index in [0.717, 1.165) is 0 Å². The SMILES string of the molecule is CC(NC(=O)c1c(F)cc(F)cc1F)c1ncn[nH]1. The minimum absolute atomic E-state index is 0.330. The van der Waals surface area contributed by atoms with Crippen molar-refractivity contribution in [2.24, 2.45) is 0 Å². The molecule has 1 atom stereocenters. The van der Waals surface area contributed by atoms with E-state index in [-0.39, 0.29) is 0 Å². The van der Waals surface area contributed by atoms with Crippen LogP contribution in [0.2, 0.25) is 0 Å². The highest BCUT2D eigenvalue weighted by Gasteiger charge is 2.21. The minimum Gasteiger partial charge on any atom is -0.342 e. The zero-order valence-electron chi connectivity index (χ0n) is 9.75. The van der Waals surface area contributed by atoms with Gasteiger partial charge in [0.05, 0.1) is 6.04 Å².